The van der Waals surface area contributed by atoms with Crippen LogP contribution < -0.4 is 9.86 Å². The lowest BCUT2D eigenvalue weighted by molar-refractivity contribution is 0.580. The molecule has 0 fully saturated rings. The Labute approximate surface area is 129 Å². The molecule has 0 radical (unpaired) electrons. The van der Waals surface area contributed by atoms with Gasteiger partial charge in [0, 0.05) is 18.9 Å². The minimum atomic E-state index is -3.84. The van der Waals surface area contributed by atoms with Crippen molar-refractivity contribution in [2.75, 3.05) is 6.54 Å². The van der Waals surface area contributed by atoms with Crippen molar-refractivity contribution < 1.29 is 16.8 Å². The molecule has 22 heavy (non-hydrogen) atoms. The van der Waals surface area contributed by atoms with Crippen LogP contribution in [0.2, 0.25) is 0 Å². The highest BCUT2D eigenvalue weighted by atomic mass is 32.2. The van der Waals surface area contributed by atoms with Gasteiger partial charge in [0.05, 0.1) is 9.79 Å². The zero-order valence-electron chi connectivity index (χ0n) is 11.5. The first-order valence-electron chi connectivity index (χ1n) is 6.30. The van der Waals surface area contributed by atoms with Crippen molar-refractivity contribution in [3.05, 3.63) is 54.4 Å². The van der Waals surface area contributed by atoms with Gasteiger partial charge in [0.2, 0.25) is 20.0 Å². The van der Waals surface area contributed by atoms with E-state index in [1.165, 1.54) is 12.1 Å². The Kier molecular flexibility index (Phi) is 4.91. The summed E-state index contributed by atoms with van der Waals surface area (Å²) in [6.45, 7) is 0.225. The summed E-state index contributed by atoms with van der Waals surface area (Å²) in [5.74, 6) is 0. The Hall–Kier alpha value is -1.81. The van der Waals surface area contributed by atoms with E-state index in [4.69, 9.17) is 5.14 Å². The molecule has 0 aliphatic heterocycles. The Morgan fingerprint density at radius 2 is 1.45 bits per heavy atom. The van der Waals surface area contributed by atoms with E-state index in [1.54, 1.807) is 24.5 Å². The fourth-order valence-electron chi connectivity index (χ4n) is 1.77. The summed E-state index contributed by atoms with van der Waals surface area (Å²) in [5.41, 5.74) is 0.960. The molecule has 0 saturated carbocycles. The number of aromatic nitrogens is 1. The van der Waals surface area contributed by atoms with Gasteiger partial charge in [0.15, 0.2) is 0 Å². The molecule has 0 saturated heterocycles. The second-order valence-corrected chi connectivity index (χ2v) is 7.85. The predicted octanol–water partition coefficient (Wildman–Crippen LogP) is 0.250. The first-order valence-corrected chi connectivity index (χ1v) is 9.33. The molecule has 0 unspecified atom stereocenters. The van der Waals surface area contributed by atoms with Gasteiger partial charge in [-0.25, -0.2) is 26.7 Å². The Morgan fingerprint density at radius 3 is 2.00 bits per heavy atom. The maximum absolute atomic E-state index is 12.1. The maximum Gasteiger partial charge on any atom is 0.240 e. The number of sulfonamides is 2. The molecule has 3 N–H and O–H groups in total. The normalized spacial score (nSPS) is 12.2. The number of nitrogens with two attached hydrogens (primary N) is 1. The van der Waals surface area contributed by atoms with Crippen molar-refractivity contribution in [1.29, 1.82) is 0 Å². The highest BCUT2D eigenvalue weighted by Gasteiger charge is 2.15. The maximum atomic E-state index is 12.1. The van der Waals surface area contributed by atoms with Crippen molar-refractivity contribution in [3.8, 4) is 0 Å². The minimum absolute atomic E-state index is 0.0189. The van der Waals surface area contributed by atoms with Gasteiger partial charge in [-0.15, -0.1) is 0 Å². The molecule has 0 spiro atoms. The third kappa shape index (κ3) is 4.34. The zero-order chi connectivity index (χ0) is 16.2. The van der Waals surface area contributed by atoms with E-state index >= 15 is 0 Å². The molecule has 7 nitrogen and oxygen atoms in total. The van der Waals surface area contributed by atoms with Crippen LogP contribution in [0.5, 0.6) is 0 Å². The van der Waals surface area contributed by atoms with E-state index in [-0.39, 0.29) is 16.3 Å². The summed E-state index contributed by atoms with van der Waals surface area (Å²) < 4.78 is 48.9. The van der Waals surface area contributed by atoms with Crippen LogP contribution in [0, 0.1) is 0 Å². The molecule has 0 amide bonds. The molecule has 0 aliphatic rings. The number of hydrogen-bond acceptors (Lipinski definition) is 5. The highest BCUT2D eigenvalue weighted by Crippen LogP contribution is 2.13. The summed E-state index contributed by atoms with van der Waals surface area (Å²) in [6, 6.07) is 8.33. The van der Waals surface area contributed by atoms with Crippen LogP contribution in [0.3, 0.4) is 0 Å². The number of hydrogen-bond donors (Lipinski definition) is 2. The van der Waals surface area contributed by atoms with Crippen molar-refractivity contribution >= 4 is 20.0 Å². The van der Waals surface area contributed by atoms with E-state index in [1.807, 2.05) is 0 Å². The number of benzene rings is 1. The molecule has 9 heteroatoms. The van der Waals surface area contributed by atoms with Gasteiger partial charge in [-0.05, 0) is 48.4 Å². The fraction of sp³-hybridized carbons (Fsp3) is 0.154. The summed E-state index contributed by atoms with van der Waals surface area (Å²) in [5, 5.41) is 4.96. The topological polar surface area (TPSA) is 119 Å². The van der Waals surface area contributed by atoms with Gasteiger partial charge in [-0.1, -0.05) is 0 Å². The van der Waals surface area contributed by atoms with Crippen LogP contribution in [0.25, 0.3) is 0 Å². The van der Waals surface area contributed by atoms with E-state index in [9.17, 15) is 16.8 Å². The summed E-state index contributed by atoms with van der Waals surface area (Å²) in [6.07, 6.45) is 3.79. The molecule has 2 aromatic rings. The van der Waals surface area contributed by atoms with Crippen LogP contribution in [0.15, 0.2) is 58.6 Å². The predicted molar refractivity (Wildman–Crippen MR) is 80.9 cm³/mol. The van der Waals surface area contributed by atoms with Crippen molar-refractivity contribution in [3.63, 3.8) is 0 Å². The monoisotopic (exact) mass is 341 g/mol. The van der Waals surface area contributed by atoms with Crippen LogP contribution in [0.4, 0.5) is 0 Å². The highest BCUT2D eigenvalue weighted by molar-refractivity contribution is 7.89. The van der Waals surface area contributed by atoms with Crippen LogP contribution in [-0.2, 0) is 26.5 Å². The molecule has 118 valence electrons. The van der Waals surface area contributed by atoms with Crippen LogP contribution in [0.1, 0.15) is 5.56 Å². The standard InChI is InChI=1S/C13H15N3O4S2/c14-21(17,18)12-1-3-13(4-2-12)22(19,20)16-10-7-11-5-8-15-9-6-11/h1-6,8-9,16H,7,10H2,(H2,14,17,18). The van der Waals surface area contributed by atoms with Gasteiger partial charge in [-0.3, -0.25) is 4.98 Å². The minimum Gasteiger partial charge on any atom is -0.265 e. The number of pyridine rings is 1. The quantitative estimate of drug-likeness (QED) is 0.780. The van der Waals surface area contributed by atoms with Gasteiger partial charge in [0.1, 0.15) is 0 Å². The molecule has 0 aliphatic carbocycles. The zero-order valence-corrected chi connectivity index (χ0v) is 13.1. The molecule has 1 aromatic heterocycles. The second-order valence-electron chi connectivity index (χ2n) is 4.52. The lowest BCUT2D eigenvalue weighted by Gasteiger charge is -2.07. The average Bonchev–Trinajstić information content (AvgIpc) is 2.47. The third-order valence-electron chi connectivity index (χ3n) is 2.92. The van der Waals surface area contributed by atoms with Gasteiger partial charge >= 0.3 is 0 Å². The van der Waals surface area contributed by atoms with Gasteiger partial charge in [0.25, 0.3) is 0 Å². The fourth-order valence-corrected chi connectivity index (χ4v) is 3.32. The molecule has 2 rings (SSSR count). The molecular formula is C13H15N3O4S2. The molecule has 1 heterocycles. The van der Waals surface area contributed by atoms with Crippen LogP contribution >= 0.6 is 0 Å². The molecular weight excluding hydrogens is 326 g/mol. The summed E-state index contributed by atoms with van der Waals surface area (Å²) >= 11 is 0. The van der Waals surface area contributed by atoms with E-state index in [2.05, 4.69) is 9.71 Å². The Bertz CT molecular complexity index is 833. The van der Waals surface area contributed by atoms with E-state index < -0.39 is 20.0 Å². The van der Waals surface area contributed by atoms with Gasteiger partial charge in [-0.2, -0.15) is 0 Å². The SMILES string of the molecule is NS(=O)(=O)c1ccc(S(=O)(=O)NCCc2ccncc2)cc1. The summed E-state index contributed by atoms with van der Waals surface area (Å²) in [4.78, 5) is 3.73. The van der Waals surface area contributed by atoms with E-state index in [0.717, 1.165) is 17.7 Å². The second kappa shape index (κ2) is 6.53. The third-order valence-corrected chi connectivity index (χ3v) is 5.32. The Morgan fingerprint density at radius 1 is 0.909 bits per heavy atom. The van der Waals surface area contributed by atoms with E-state index in [0.29, 0.717) is 6.42 Å². The smallest absolute Gasteiger partial charge is 0.240 e. The Balaban J connectivity index is 2.04. The summed E-state index contributed by atoms with van der Waals surface area (Å²) in [7, 11) is -7.53. The van der Waals surface area contributed by atoms with Gasteiger partial charge < -0.3 is 0 Å². The average molecular weight is 341 g/mol. The molecule has 0 bridgehead atoms. The lowest BCUT2D eigenvalue weighted by Crippen LogP contribution is -2.26. The van der Waals surface area contributed by atoms with Crippen molar-refractivity contribution in [1.82, 2.24) is 9.71 Å². The number of nitrogens with one attached hydrogen (secondary N) is 1. The van der Waals surface area contributed by atoms with Crippen molar-refractivity contribution in [2.24, 2.45) is 5.14 Å². The first kappa shape index (κ1) is 16.6. The first-order chi connectivity index (χ1) is 10.3. The number of rotatable bonds is 6. The molecule has 0 atom stereocenters. The van der Waals surface area contributed by atoms with Crippen LogP contribution in [-0.4, -0.2) is 28.4 Å². The lowest BCUT2D eigenvalue weighted by atomic mass is 10.2. The largest absolute Gasteiger partial charge is 0.265 e. The number of nitrogens with zero attached hydrogens (tertiary/aromatic N) is 1. The number of primary sulfonamides is 1. The molecule has 1 aromatic carbocycles. The van der Waals surface area contributed by atoms with Crippen molar-refractivity contribution in [2.45, 2.75) is 16.2 Å².